The van der Waals surface area contributed by atoms with Gasteiger partial charge in [0.15, 0.2) is 0 Å². The number of nitrogens with one attached hydrogen (secondary N) is 1. The van der Waals surface area contributed by atoms with Gasteiger partial charge in [-0.15, -0.1) is 0 Å². The molecule has 0 amide bonds. The zero-order valence-corrected chi connectivity index (χ0v) is 13.3. The lowest BCUT2D eigenvalue weighted by Crippen LogP contribution is -2.18. The molecule has 0 fully saturated rings. The molecule has 2 rings (SSSR count). The first-order valence-corrected chi connectivity index (χ1v) is 7.97. The van der Waals surface area contributed by atoms with Gasteiger partial charge in [0.1, 0.15) is 5.75 Å². The number of aromatic nitrogens is 2. The minimum absolute atomic E-state index is 0.645. The van der Waals surface area contributed by atoms with Crippen molar-refractivity contribution < 1.29 is 4.74 Å². The molecule has 3 N–H and O–H groups in total. The fourth-order valence-electron chi connectivity index (χ4n) is 2.39. The second kappa shape index (κ2) is 9.10. The molecule has 0 radical (unpaired) electrons. The van der Waals surface area contributed by atoms with Gasteiger partial charge in [-0.3, -0.25) is 0 Å². The monoisotopic (exact) mass is 302 g/mol. The van der Waals surface area contributed by atoms with E-state index in [9.17, 15) is 0 Å². The van der Waals surface area contributed by atoms with E-state index in [0.29, 0.717) is 6.61 Å². The van der Waals surface area contributed by atoms with Crippen molar-refractivity contribution in [3.63, 3.8) is 0 Å². The molecule has 0 unspecified atom stereocenters. The fourth-order valence-corrected chi connectivity index (χ4v) is 2.39. The number of nitrogen functional groups attached to an aromatic ring is 1. The lowest BCUT2D eigenvalue weighted by molar-refractivity contribution is 0.342. The van der Waals surface area contributed by atoms with Crippen LogP contribution in [0.5, 0.6) is 5.75 Å². The second-order valence-electron chi connectivity index (χ2n) is 5.31. The van der Waals surface area contributed by atoms with Crippen molar-refractivity contribution in [1.29, 1.82) is 0 Å². The summed E-state index contributed by atoms with van der Waals surface area (Å²) < 4.78 is 7.55. The normalized spacial score (nSPS) is 10.8. The van der Waals surface area contributed by atoms with Crippen LogP contribution in [0.25, 0.3) is 0 Å². The van der Waals surface area contributed by atoms with E-state index < -0.39 is 0 Å². The second-order valence-corrected chi connectivity index (χ2v) is 5.31. The number of nitrogens with two attached hydrogens (primary N) is 1. The molecule has 22 heavy (non-hydrogen) atoms. The predicted octanol–water partition coefficient (Wildman–Crippen LogP) is 2.48. The van der Waals surface area contributed by atoms with Gasteiger partial charge < -0.3 is 20.4 Å². The molecule has 1 aromatic carbocycles. The van der Waals surface area contributed by atoms with Gasteiger partial charge >= 0.3 is 0 Å². The summed E-state index contributed by atoms with van der Waals surface area (Å²) in [6, 6.07) is 6.08. The van der Waals surface area contributed by atoms with Gasteiger partial charge in [-0.1, -0.05) is 6.07 Å². The van der Waals surface area contributed by atoms with Crippen molar-refractivity contribution in [2.24, 2.45) is 0 Å². The Bertz CT molecular complexity index is 540. The van der Waals surface area contributed by atoms with Crippen molar-refractivity contribution >= 4 is 5.69 Å². The van der Waals surface area contributed by atoms with Gasteiger partial charge in [0.25, 0.3) is 0 Å². The number of imidazole rings is 1. The molecule has 0 saturated carbocycles. The average molecular weight is 302 g/mol. The van der Waals surface area contributed by atoms with Gasteiger partial charge in [0.05, 0.1) is 18.6 Å². The Morgan fingerprint density at radius 2 is 2.14 bits per heavy atom. The van der Waals surface area contributed by atoms with Crippen molar-refractivity contribution in [2.45, 2.75) is 32.7 Å². The standard InChI is InChI=1S/C17H26N4O/c1-2-22-17-7-6-15(13-16(17)18)5-3-8-19-9-4-11-21-12-10-20-14-21/h6-7,10,12-14,19H,2-5,8-9,11,18H2,1H3. The van der Waals surface area contributed by atoms with Crippen molar-refractivity contribution in [2.75, 3.05) is 25.4 Å². The molecule has 0 aliphatic rings. The van der Waals surface area contributed by atoms with Crippen LogP contribution in [0.15, 0.2) is 36.9 Å². The van der Waals surface area contributed by atoms with Gasteiger partial charge in [-0.2, -0.15) is 0 Å². The number of anilines is 1. The highest BCUT2D eigenvalue weighted by molar-refractivity contribution is 5.54. The van der Waals surface area contributed by atoms with Crippen LogP contribution in [0.1, 0.15) is 25.3 Å². The van der Waals surface area contributed by atoms with E-state index in [1.54, 1.807) is 0 Å². The van der Waals surface area contributed by atoms with E-state index in [0.717, 1.165) is 50.3 Å². The summed E-state index contributed by atoms with van der Waals surface area (Å²) in [5.74, 6) is 0.781. The van der Waals surface area contributed by atoms with E-state index in [4.69, 9.17) is 10.5 Å². The minimum Gasteiger partial charge on any atom is -0.492 e. The number of nitrogens with zero attached hydrogens (tertiary/aromatic N) is 2. The van der Waals surface area contributed by atoms with Crippen LogP contribution < -0.4 is 15.8 Å². The molecule has 5 nitrogen and oxygen atoms in total. The first kappa shape index (κ1) is 16.4. The van der Waals surface area contributed by atoms with Gasteiger partial charge in [-0.05, 0) is 57.0 Å². The summed E-state index contributed by atoms with van der Waals surface area (Å²) in [6.07, 6.45) is 8.93. The summed E-state index contributed by atoms with van der Waals surface area (Å²) in [6.45, 7) is 5.68. The quantitative estimate of drug-likeness (QED) is 0.523. The third-order valence-corrected chi connectivity index (χ3v) is 3.52. The van der Waals surface area contributed by atoms with Crippen LogP contribution in [0.2, 0.25) is 0 Å². The number of hydrogen-bond donors (Lipinski definition) is 2. The largest absolute Gasteiger partial charge is 0.492 e. The van der Waals surface area contributed by atoms with Crippen LogP contribution in [0.4, 0.5) is 5.69 Å². The van der Waals surface area contributed by atoms with E-state index in [1.165, 1.54) is 5.56 Å². The van der Waals surface area contributed by atoms with Crippen LogP contribution in [-0.4, -0.2) is 29.2 Å². The SMILES string of the molecule is CCOc1ccc(CCCNCCCn2ccnc2)cc1N. The maximum atomic E-state index is 5.98. The van der Waals surface area contributed by atoms with E-state index >= 15 is 0 Å². The Balaban J connectivity index is 1.57. The van der Waals surface area contributed by atoms with Gasteiger partial charge in [0, 0.05) is 18.9 Å². The Morgan fingerprint density at radius 1 is 1.27 bits per heavy atom. The minimum atomic E-state index is 0.645. The highest BCUT2D eigenvalue weighted by Crippen LogP contribution is 2.22. The lowest BCUT2D eigenvalue weighted by atomic mass is 10.1. The third-order valence-electron chi connectivity index (χ3n) is 3.52. The first-order valence-electron chi connectivity index (χ1n) is 7.97. The molecule has 0 spiro atoms. The molecule has 0 atom stereocenters. The zero-order chi connectivity index (χ0) is 15.6. The molecular formula is C17H26N4O. The van der Waals surface area contributed by atoms with Crippen LogP contribution in [0.3, 0.4) is 0 Å². The highest BCUT2D eigenvalue weighted by Gasteiger charge is 2.01. The maximum absolute atomic E-state index is 5.98. The summed E-state index contributed by atoms with van der Waals surface area (Å²) in [5, 5.41) is 3.47. The summed E-state index contributed by atoms with van der Waals surface area (Å²) in [5.41, 5.74) is 7.97. The van der Waals surface area contributed by atoms with Crippen LogP contribution in [0, 0.1) is 0 Å². The molecule has 5 heteroatoms. The first-order chi connectivity index (χ1) is 10.8. The lowest BCUT2D eigenvalue weighted by Gasteiger charge is -2.09. The molecule has 0 aliphatic carbocycles. The Labute approximate surface area is 132 Å². The smallest absolute Gasteiger partial charge is 0.142 e. The van der Waals surface area contributed by atoms with Gasteiger partial charge in [-0.25, -0.2) is 4.98 Å². The predicted molar refractivity (Wildman–Crippen MR) is 90.1 cm³/mol. The summed E-state index contributed by atoms with van der Waals surface area (Å²) in [7, 11) is 0. The zero-order valence-electron chi connectivity index (χ0n) is 13.3. The number of ether oxygens (including phenoxy) is 1. The molecule has 2 aromatic rings. The Hall–Kier alpha value is -2.01. The Morgan fingerprint density at radius 3 is 2.86 bits per heavy atom. The van der Waals surface area contributed by atoms with Crippen LogP contribution in [-0.2, 0) is 13.0 Å². The van der Waals surface area contributed by atoms with E-state index in [1.807, 2.05) is 37.8 Å². The molecule has 120 valence electrons. The molecule has 1 aromatic heterocycles. The third kappa shape index (κ3) is 5.41. The van der Waals surface area contributed by atoms with E-state index in [-0.39, 0.29) is 0 Å². The maximum Gasteiger partial charge on any atom is 0.142 e. The number of benzene rings is 1. The summed E-state index contributed by atoms with van der Waals surface area (Å²) >= 11 is 0. The average Bonchev–Trinajstić information content (AvgIpc) is 3.02. The highest BCUT2D eigenvalue weighted by atomic mass is 16.5. The number of hydrogen-bond acceptors (Lipinski definition) is 4. The summed E-state index contributed by atoms with van der Waals surface area (Å²) in [4.78, 5) is 4.03. The van der Waals surface area contributed by atoms with Crippen molar-refractivity contribution in [1.82, 2.24) is 14.9 Å². The van der Waals surface area contributed by atoms with Gasteiger partial charge in [0.2, 0.25) is 0 Å². The molecule has 0 saturated heterocycles. The van der Waals surface area contributed by atoms with E-state index in [2.05, 4.69) is 20.9 Å². The fraction of sp³-hybridized carbons (Fsp3) is 0.471. The number of aryl methyl sites for hydroxylation is 2. The van der Waals surface area contributed by atoms with Crippen molar-refractivity contribution in [3.8, 4) is 5.75 Å². The molecule has 0 bridgehead atoms. The number of rotatable bonds is 10. The Kier molecular flexibility index (Phi) is 6.77. The molecular weight excluding hydrogens is 276 g/mol. The van der Waals surface area contributed by atoms with Crippen LogP contribution >= 0.6 is 0 Å². The topological polar surface area (TPSA) is 65.1 Å². The molecule has 1 heterocycles. The molecule has 0 aliphatic heterocycles. The van der Waals surface area contributed by atoms with Crippen molar-refractivity contribution in [3.05, 3.63) is 42.5 Å².